The van der Waals surface area contributed by atoms with E-state index in [0.29, 0.717) is 18.5 Å². The summed E-state index contributed by atoms with van der Waals surface area (Å²) >= 11 is 0. The summed E-state index contributed by atoms with van der Waals surface area (Å²) in [6.45, 7) is 4.44. The number of hydrogen-bond donors (Lipinski definition) is 2. The molecule has 1 aliphatic carbocycles. The monoisotopic (exact) mass is 339 g/mol. The molecule has 2 amide bonds. The molecule has 3 aromatic rings. The number of aromatic nitrogens is 5. The topological polar surface area (TPSA) is 89.1 Å². The lowest BCUT2D eigenvalue weighted by Crippen LogP contribution is -2.29. The summed E-state index contributed by atoms with van der Waals surface area (Å²) in [5.41, 5.74) is 2.51. The predicted octanol–water partition coefficient (Wildman–Crippen LogP) is 2.53. The molecule has 1 aliphatic rings. The van der Waals surface area contributed by atoms with Gasteiger partial charge in [-0.2, -0.15) is 10.2 Å². The Kier molecular flexibility index (Phi) is 3.87. The van der Waals surface area contributed by atoms with Gasteiger partial charge < -0.3 is 5.32 Å². The Balaban J connectivity index is 1.42. The van der Waals surface area contributed by atoms with Crippen molar-refractivity contribution >= 4 is 17.5 Å². The third kappa shape index (κ3) is 3.19. The van der Waals surface area contributed by atoms with Gasteiger partial charge in [0.25, 0.3) is 0 Å². The second-order valence-electron chi connectivity index (χ2n) is 6.56. The third-order valence-corrected chi connectivity index (χ3v) is 4.58. The molecule has 3 heterocycles. The molecule has 8 nitrogen and oxygen atoms in total. The van der Waals surface area contributed by atoms with E-state index in [9.17, 15) is 4.79 Å². The van der Waals surface area contributed by atoms with Gasteiger partial charge in [0.2, 0.25) is 0 Å². The molecule has 3 aromatic heterocycles. The minimum Gasteiger partial charge on any atom is -0.334 e. The zero-order chi connectivity index (χ0) is 17.4. The first kappa shape index (κ1) is 15.6. The molecule has 0 spiro atoms. The summed E-state index contributed by atoms with van der Waals surface area (Å²) in [5.74, 6) is 1.39. The number of carbonyl (C=O) groups is 1. The van der Waals surface area contributed by atoms with Crippen LogP contribution < -0.4 is 10.6 Å². The largest absolute Gasteiger partial charge is 0.334 e. The van der Waals surface area contributed by atoms with Crippen molar-refractivity contribution in [2.75, 3.05) is 5.32 Å². The third-order valence-electron chi connectivity index (χ3n) is 4.58. The molecule has 1 atom stereocenters. The Morgan fingerprint density at radius 3 is 3.08 bits per heavy atom. The highest BCUT2D eigenvalue weighted by Gasteiger charge is 2.31. The Morgan fingerprint density at radius 2 is 2.28 bits per heavy atom. The van der Waals surface area contributed by atoms with Gasteiger partial charge in [-0.25, -0.2) is 19.0 Å². The van der Waals surface area contributed by atoms with Crippen LogP contribution in [0.4, 0.5) is 10.6 Å². The maximum atomic E-state index is 12.3. The zero-order valence-corrected chi connectivity index (χ0v) is 14.3. The van der Waals surface area contributed by atoms with Crippen molar-refractivity contribution in [3.05, 3.63) is 42.0 Å². The van der Waals surface area contributed by atoms with E-state index >= 15 is 0 Å². The molecular formula is C17H21N7O. The van der Waals surface area contributed by atoms with Crippen molar-refractivity contribution in [2.45, 2.75) is 39.3 Å². The van der Waals surface area contributed by atoms with Crippen molar-refractivity contribution in [3.8, 4) is 0 Å². The van der Waals surface area contributed by atoms with Crippen LogP contribution in [0, 0.1) is 12.8 Å². The van der Waals surface area contributed by atoms with E-state index in [1.165, 1.54) is 12.8 Å². The van der Waals surface area contributed by atoms with Gasteiger partial charge in [0.15, 0.2) is 5.65 Å². The van der Waals surface area contributed by atoms with E-state index in [4.69, 9.17) is 0 Å². The van der Waals surface area contributed by atoms with Gasteiger partial charge in [-0.05, 0) is 38.7 Å². The van der Waals surface area contributed by atoms with Crippen LogP contribution in [-0.2, 0) is 6.54 Å². The van der Waals surface area contributed by atoms with Crippen LogP contribution in [0.15, 0.2) is 30.7 Å². The molecule has 1 saturated carbocycles. The van der Waals surface area contributed by atoms with Gasteiger partial charge in [-0.3, -0.25) is 5.32 Å². The molecule has 25 heavy (non-hydrogen) atoms. The minimum atomic E-state index is -0.264. The molecule has 0 bridgehead atoms. The zero-order valence-electron chi connectivity index (χ0n) is 14.3. The maximum absolute atomic E-state index is 12.3. The molecule has 1 unspecified atom stereocenters. The fraction of sp³-hybridized carbons (Fsp3) is 0.412. The molecule has 0 aliphatic heterocycles. The second-order valence-corrected chi connectivity index (χ2v) is 6.56. The number of amides is 2. The van der Waals surface area contributed by atoms with Gasteiger partial charge in [-0.1, -0.05) is 0 Å². The van der Waals surface area contributed by atoms with Crippen molar-refractivity contribution in [3.63, 3.8) is 0 Å². The molecule has 2 N–H and O–H groups in total. The predicted molar refractivity (Wildman–Crippen MR) is 93.2 cm³/mol. The number of nitrogens with zero attached hydrogens (tertiary/aromatic N) is 5. The number of rotatable bonds is 5. The number of carbonyl (C=O) groups excluding carboxylic acids is 1. The van der Waals surface area contributed by atoms with Crippen LogP contribution in [0.2, 0.25) is 0 Å². The molecule has 0 saturated heterocycles. The van der Waals surface area contributed by atoms with Crippen LogP contribution in [0.3, 0.4) is 0 Å². The number of fused-ring (bicyclic) bond motifs is 1. The first-order chi connectivity index (χ1) is 12.1. The summed E-state index contributed by atoms with van der Waals surface area (Å²) in [4.78, 5) is 16.6. The standard InChI is InChI=1S/C17H21N7O/c1-11-8-15(24(22-11)12(2)13-4-5-13)21-17(25)19-9-14-10-20-23-7-3-6-18-16(14)23/h3,6-8,10,12-13H,4-5,9H2,1-2H3,(H2,19,21,25). The average Bonchev–Trinajstić information content (AvgIpc) is 3.28. The van der Waals surface area contributed by atoms with Crippen LogP contribution in [0.5, 0.6) is 0 Å². The Bertz CT molecular complexity index is 909. The van der Waals surface area contributed by atoms with Gasteiger partial charge in [0.1, 0.15) is 5.82 Å². The van der Waals surface area contributed by atoms with Crippen molar-refractivity contribution in [2.24, 2.45) is 5.92 Å². The summed E-state index contributed by atoms with van der Waals surface area (Å²) in [6, 6.07) is 3.75. The maximum Gasteiger partial charge on any atom is 0.320 e. The lowest BCUT2D eigenvalue weighted by Gasteiger charge is -2.15. The Morgan fingerprint density at radius 1 is 1.44 bits per heavy atom. The smallest absolute Gasteiger partial charge is 0.320 e. The Labute approximate surface area is 145 Å². The molecule has 8 heteroatoms. The summed E-state index contributed by atoms with van der Waals surface area (Å²) in [5, 5.41) is 14.5. The molecule has 1 fully saturated rings. The van der Waals surface area contributed by atoms with E-state index in [1.54, 1.807) is 16.9 Å². The number of anilines is 1. The van der Waals surface area contributed by atoms with Crippen LogP contribution in [0.1, 0.15) is 37.1 Å². The number of hydrogen-bond acceptors (Lipinski definition) is 4. The lowest BCUT2D eigenvalue weighted by atomic mass is 10.2. The minimum absolute atomic E-state index is 0.264. The van der Waals surface area contributed by atoms with Crippen LogP contribution >= 0.6 is 0 Å². The SMILES string of the molecule is Cc1cc(NC(=O)NCc2cnn3cccnc23)n(C(C)C2CC2)n1. The number of aryl methyl sites for hydroxylation is 1. The second kappa shape index (κ2) is 6.19. The highest BCUT2D eigenvalue weighted by atomic mass is 16.2. The first-order valence-electron chi connectivity index (χ1n) is 8.50. The highest BCUT2D eigenvalue weighted by molar-refractivity contribution is 5.88. The summed E-state index contributed by atoms with van der Waals surface area (Å²) in [7, 11) is 0. The van der Waals surface area contributed by atoms with E-state index in [2.05, 4.69) is 32.7 Å². The quantitative estimate of drug-likeness (QED) is 0.747. The fourth-order valence-corrected chi connectivity index (χ4v) is 3.04. The van der Waals surface area contributed by atoms with E-state index in [0.717, 1.165) is 22.7 Å². The van der Waals surface area contributed by atoms with Gasteiger partial charge in [0.05, 0.1) is 17.9 Å². The highest BCUT2D eigenvalue weighted by Crippen LogP contribution is 2.40. The Hall–Kier alpha value is -2.90. The summed E-state index contributed by atoms with van der Waals surface area (Å²) in [6.07, 6.45) is 7.71. The molecule has 4 rings (SSSR count). The van der Waals surface area contributed by atoms with Crippen LogP contribution in [-0.4, -0.2) is 30.4 Å². The number of urea groups is 1. The molecule has 0 aromatic carbocycles. The van der Waals surface area contributed by atoms with Gasteiger partial charge >= 0.3 is 6.03 Å². The average molecular weight is 339 g/mol. The normalized spacial score (nSPS) is 15.3. The lowest BCUT2D eigenvalue weighted by molar-refractivity contribution is 0.251. The summed E-state index contributed by atoms with van der Waals surface area (Å²) < 4.78 is 3.61. The fourth-order valence-electron chi connectivity index (χ4n) is 3.04. The van der Waals surface area contributed by atoms with E-state index in [1.807, 2.05) is 29.9 Å². The van der Waals surface area contributed by atoms with E-state index in [-0.39, 0.29) is 6.03 Å². The van der Waals surface area contributed by atoms with E-state index < -0.39 is 0 Å². The van der Waals surface area contributed by atoms with Crippen LogP contribution in [0.25, 0.3) is 5.65 Å². The molecule has 0 radical (unpaired) electrons. The van der Waals surface area contributed by atoms with Crippen molar-refractivity contribution < 1.29 is 4.79 Å². The molecule has 130 valence electrons. The van der Waals surface area contributed by atoms with Gasteiger partial charge in [-0.15, -0.1) is 0 Å². The number of nitrogens with one attached hydrogen (secondary N) is 2. The molecular weight excluding hydrogens is 318 g/mol. The van der Waals surface area contributed by atoms with Gasteiger partial charge in [0, 0.05) is 30.6 Å². The van der Waals surface area contributed by atoms with Crippen molar-refractivity contribution in [1.82, 2.24) is 29.7 Å². The first-order valence-corrected chi connectivity index (χ1v) is 8.50. The van der Waals surface area contributed by atoms with Crippen molar-refractivity contribution in [1.29, 1.82) is 0 Å².